The molecule has 2 aliphatic rings. The maximum atomic E-state index is 12.8. The van der Waals surface area contributed by atoms with Gasteiger partial charge in [-0.15, -0.1) is 0 Å². The molecular formula is C13H21F3N2S. The molecule has 6 heteroatoms. The second-order valence-electron chi connectivity index (χ2n) is 6.15. The van der Waals surface area contributed by atoms with Crippen LogP contribution in [0.3, 0.4) is 0 Å². The molecule has 0 saturated heterocycles. The van der Waals surface area contributed by atoms with Crippen molar-refractivity contribution < 1.29 is 13.2 Å². The molecule has 4 atom stereocenters. The van der Waals surface area contributed by atoms with Gasteiger partial charge in [-0.05, 0) is 44.1 Å². The zero-order chi connectivity index (χ0) is 14.2. The number of nitrogens with two attached hydrogens (primary N) is 1. The normalized spacial score (nSPS) is 31.9. The maximum Gasteiger partial charge on any atom is 0.399 e. The van der Waals surface area contributed by atoms with Crippen LogP contribution in [0.2, 0.25) is 0 Å². The summed E-state index contributed by atoms with van der Waals surface area (Å²) in [5, 5.41) is 0. The summed E-state index contributed by atoms with van der Waals surface area (Å²) in [5.41, 5.74) is 5.22. The van der Waals surface area contributed by atoms with Gasteiger partial charge < -0.3 is 10.6 Å². The van der Waals surface area contributed by atoms with E-state index in [0.717, 1.165) is 18.4 Å². The van der Waals surface area contributed by atoms with Crippen molar-refractivity contribution in [2.45, 2.75) is 31.9 Å². The van der Waals surface area contributed by atoms with Crippen LogP contribution < -0.4 is 5.73 Å². The topological polar surface area (TPSA) is 29.3 Å². The van der Waals surface area contributed by atoms with E-state index in [4.69, 9.17) is 5.73 Å². The highest BCUT2D eigenvalue weighted by Gasteiger charge is 2.43. The maximum absolute atomic E-state index is 12.8. The van der Waals surface area contributed by atoms with Gasteiger partial charge in [0.1, 0.15) is 5.92 Å². The number of hydrogen-bond acceptors (Lipinski definition) is 2. The van der Waals surface area contributed by atoms with Crippen LogP contribution in [0.1, 0.15) is 25.7 Å². The van der Waals surface area contributed by atoms with Crippen LogP contribution in [-0.4, -0.2) is 36.2 Å². The molecule has 0 aromatic heterocycles. The number of alkyl halides is 3. The highest BCUT2D eigenvalue weighted by atomic mass is 32.1. The molecule has 0 spiro atoms. The van der Waals surface area contributed by atoms with Gasteiger partial charge in [0.25, 0.3) is 0 Å². The van der Waals surface area contributed by atoms with Crippen LogP contribution in [0.5, 0.6) is 0 Å². The summed E-state index contributed by atoms with van der Waals surface area (Å²) in [4.78, 5) is 1.30. The van der Waals surface area contributed by atoms with E-state index < -0.39 is 17.1 Å². The lowest BCUT2D eigenvalue weighted by atomic mass is 9.88. The Morgan fingerprint density at radius 2 is 2.05 bits per heavy atom. The lowest BCUT2D eigenvalue weighted by molar-refractivity contribution is -0.158. The van der Waals surface area contributed by atoms with Crippen molar-refractivity contribution in [2.24, 2.45) is 29.4 Å². The molecular weight excluding hydrogens is 273 g/mol. The second kappa shape index (κ2) is 5.56. The first-order chi connectivity index (χ1) is 8.77. The molecule has 2 nitrogen and oxygen atoms in total. The number of hydrogen-bond donors (Lipinski definition) is 1. The van der Waals surface area contributed by atoms with E-state index in [2.05, 4.69) is 12.2 Å². The molecule has 2 N–H and O–H groups in total. The Morgan fingerprint density at radius 1 is 1.37 bits per heavy atom. The largest absolute Gasteiger partial charge is 0.399 e. The Labute approximate surface area is 117 Å². The molecule has 0 aromatic rings. The summed E-state index contributed by atoms with van der Waals surface area (Å²) in [6, 6.07) is 0. The number of halogens is 3. The smallest absolute Gasteiger partial charge is 0.393 e. The Morgan fingerprint density at radius 3 is 2.47 bits per heavy atom. The van der Waals surface area contributed by atoms with Crippen LogP contribution in [0.15, 0.2) is 0 Å². The average Bonchev–Trinajstić information content (AvgIpc) is 2.85. The molecule has 2 fully saturated rings. The molecule has 2 rings (SSSR count). The van der Waals surface area contributed by atoms with Crippen molar-refractivity contribution in [3.05, 3.63) is 0 Å². The summed E-state index contributed by atoms with van der Waals surface area (Å²) in [7, 11) is 1.74. The van der Waals surface area contributed by atoms with Gasteiger partial charge in [0.15, 0.2) is 0 Å². The van der Waals surface area contributed by atoms with E-state index in [0.29, 0.717) is 5.92 Å². The van der Waals surface area contributed by atoms with Crippen LogP contribution in [0.4, 0.5) is 13.2 Å². The molecule has 2 bridgehead atoms. The fraction of sp³-hybridized carbons (Fsp3) is 0.923. The number of nitrogens with zero attached hydrogens (tertiary/aromatic N) is 1. The molecule has 19 heavy (non-hydrogen) atoms. The lowest BCUT2D eigenvalue weighted by Crippen LogP contribution is -2.43. The monoisotopic (exact) mass is 294 g/mol. The zero-order valence-corrected chi connectivity index (χ0v) is 11.9. The predicted octanol–water partition coefficient (Wildman–Crippen LogP) is 2.82. The van der Waals surface area contributed by atoms with Crippen LogP contribution in [0, 0.1) is 23.7 Å². The van der Waals surface area contributed by atoms with Gasteiger partial charge >= 0.3 is 6.18 Å². The molecule has 0 aromatic carbocycles. The Hall–Kier alpha value is -0.360. The standard InChI is InChI=1S/C13H21F3N2S/c1-18(7-11(12(17)19)13(14,15)16)6-10-5-8-2-3-9(10)4-8/h8-11H,2-7H2,1H3,(H2,17,19). The Balaban J connectivity index is 1.86. The van der Waals surface area contributed by atoms with Gasteiger partial charge in [0.2, 0.25) is 0 Å². The summed E-state index contributed by atoms with van der Waals surface area (Å²) in [6.07, 6.45) is 0.675. The second-order valence-corrected chi connectivity index (χ2v) is 6.62. The summed E-state index contributed by atoms with van der Waals surface area (Å²) in [5.74, 6) is 0.411. The van der Waals surface area contributed by atoms with E-state index in [1.807, 2.05) is 0 Å². The Kier molecular flexibility index (Phi) is 4.40. The van der Waals surface area contributed by atoms with E-state index >= 15 is 0 Å². The van der Waals surface area contributed by atoms with Gasteiger partial charge in [-0.25, -0.2) is 0 Å². The molecule has 0 amide bonds. The molecule has 0 radical (unpaired) electrons. The highest BCUT2D eigenvalue weighted by molar-refractivity contribution is 7.80. The zero-order valence-electron chi connectivity index (χ0n) is 11.1. The number of thiocarbonyl (C=S) groups is 1. The summed E-state index contributed by atoms with van der Waals surface area (Å²) >= 11 is 4.55. The Bertz CT molecular complexity index is 345. The van der Waals surface area contributed by atoms with Gasteiger partial charge in [-0.2, -0.15) is 13.2 Å². The SMILES string of the molecule is CN(CC1CC2CCC1C2)CC(C(N)=S)C(F)(F)F. The minimum Gasteiger partial charge on any atom is -0.393 e. The van der Waals surface area contributed by atoms with E-state index in [1.165, 1.54) is 25.7 Å². The first kappa shape index (κ1) is 15.0. The minimum absolute atomic E-state index is 0.118. The summed E-state index contributed by atoms with van der Waals surface area (Å²) in [6.45, 7) is 0.614. The molecule has 4 unspecified atom stereocenters. The third-order valence-electron chi connectivity index (χ3n) is 4.66. The van der Waals surface area contributed by atoms with Crippen LogP contribution >= 0.6 is 12.2 Å². The van der Waals surface area contributed by atoms with Gasteiger partial charge in [-0.1, -0.05) is 18.6 Å². The number of fused-ring (bicyclic) bond motifs is 2. The van der Waals surface area contributed by atoms with Gasteiger partial charge in [0.05, 0.1) is 4.99 Å². The van der Waals surface area contributed by atoms with E-state index in [9.17, 15) is 13.2 Å². The fourth-order valence-corrected chi connectivity index (χ4v) is 3.95. The van der Waals surface area contributed by atoms with Crippen molar-refractivity contribution in [3.63, 3.8) is 0 Å². The van der Waals surface area contributed by atoms with Crippen LogP contribution in [-0.2, 0) is 0 Å². The molecule has 110 valence electrons. The highest BCUT2D eigenvalue weighted by Crippen LogP contribution is 2.48. The first-order valence-electron chi connectivity index (χ1n) is 6.82. The molecule has 2 saturated carbocycles. The average molecular weight is 294 g/mol. The van der Waals surface area contributed by atoms with Crippen molar-refractivity contribution in [1.82, 2.24) is 4.90 Å². The van der Waals surface area contributed by atoms with Crippen molar-refractivity contribution in [2.75, 3.05) is 20.1 Å². The van der Waals surface area contributed by atoms with Crippen molar-refractivity contribution in [3.8, 4) is 0 Å². The predicted molar refractivity (Wildman–Crippen MR) is 72.8 cm³/mol. The first-order valence-corrected chi connectivity index (χ1v) is 7.22. The molecule has 0 aliphatic heterocycles. The minimum atomic E-state index is -4.34. The number of rotatable bonds is 5. The third kappa shape index (κ3) is 3.60. The molecule has 2 aliphatic carbocycles. The quantitative estimate of drug-likeness (QED) is 0.791. The van der Waals surface area contributed by atoms with Gasteiger partial charge in [-0.3, -0.25) is 0 Å². The van der Waals surface area contributed by atoms with Crippen molar-refractivity contribution in [1.29, 1.82) is 0 Å². The van der Waals surface area contributed by atoms with Crippen LogP contribution in [0.25, 0.3) is 0 Å². The van der Waals surface area contributed by atoms with Crippen molar-refractivity contribution >= 4 is 17.2 Å². The third-order valence-corrected chi connectivity index (χ3v) is 4.95. The summed E-state index contributed by atoms with van der Waals surface area (Å²) < 4.78 is 38.4. The lowest BCUT2D eigenvalue weighted by Gasteiger charge is -2.30. The van der Waals surface area contributed by atoms with Gasteiger partial charge in [0, 0.05) is 13.1 Å². The molecule has 0 heterocycles. The van der Waals surface area contributed by atoms with E-state index in [-0.39, 0.29) is 6.54 Å². The fourth-order valence-electron chi connectivity index (χ4n) is 3.74. The van der Waals surface area contributed by atoms with E-state index in [1.54, 1.807) is 11.9 Å².